The van der Waals surface area contributed by atoms with Crippen LogP contribution in [0.3, 0.4) is 0 Å². The predicted octanol–water partition coefficient (Wildman–Crippen LogP) is 1.40. The molecule has 9 heteroatoms. The summed E-state index contributed by atoms with van der Waals surface area (Å²) < 4.78 is 1.87. The van der Waals surface area contributed by atoms with Gasteiger partial charge in [-0.15, -0.1) is 12.4 Å². The van der Waals surface area contributed by atoms with Crippen molar-refractivity contribution in [1.82, 2.24) is 24.6 Å². The predicted molar refractivity (Wildman–Crippen MR) is 104 cm³/mol. The summed E-state index contributed by atoms with van der Waals surface area (Å²) in [6, 6.07) is 2.61. The molecule has 8 nitrogen and oxygen atoms in total. The zero-order valence-electron chi connectivity index (χ0n) is 15.8. The van der Waals surface area contributed by atoms with Crippen LogP contribution < -0.4 is 5.73 Å². The molecule has 148 valence electrons. The molecule has 2 aromatic rings. The Hall–Kier alpha value is -2.03. The number of carbonyl (C=O) groups is 1. The van der Waals surface area contributed by atoms with E-state index in [2.05, 4.69) is 23.9 Å². The van der Waals surface area contributed by atoms with Gasteiger partial charge in [-0.3, -0.25) is 9.78 Å². The largest absolute Gasteiger partial charge is 0.391 e. The fourth-order valence-electron chi connectivity index (χ4n) is 3.27. The average Bonchev–Trinajstić information content (AvgIpc) is 3.10. The number of aliphatic hydroxyl groups is 1. The summed E-state index contributed by atoms with van der Waals surface area (Å²) in [5, 5.41) is 14.3. The van der Waals surface area contributed by atoms with E-state index in [0.29, 0.717) is 18.9 Å². The summed E-state index contributed by atoms with van der Waals surface area (Å²) in [6.45, 7) is 6.75. The highest BCUT2D eigenvalue weighted by atomic mass is 35.5. The Morgan fingerprint density at radius 2 is 2.15 bits per heavy atom. The van der Waals surface area contributed by atoms with Gasteiger partial charge < -0.3 is 15.7 Å². The zero-order valence-corrected chi connectivity index (χ0v) is 16.6. The number of carbonyl (C=O) groups excluding carboxylic acids is 1. The second-order valence-corrected chi connectivity index (χ2v) is 6.89. The van der Waals surface area contributed by atoms with Crippen LogP contribution in [0.1, 0.15) is 39.1 Å². The van der Waals surface area contributed by atoms with Gasteiger partial charge in [-0.1, -0.05) is 20.3 Å². The van der Waals surface area contributed by atoms with E-state index >= 15 is 0 Å². The molecule has 1 aliphatic heterocycles. The molecule has 4 atom stereocenters. The van der Waals surface area contributed by atoms with Crippen LogP contribution in [0, 0.1) is 5.92 Å². The molecular weight excluding hydrogens is 368 g/mol. The number of nitrogens with two attached hydrogens (primary N) is 1. The number of aromatic nitrogens is 4. The van der Waals surface area contributed by atoms with Gasteiger partial charge in [0.25, 0.3) is 0 Å². The Labute approximate surface area is 165 Å². The van der Waals surface area contributed by atoms with Crippen molar-refractivity contribution in [2.75, 3.05) is 6.54 Å². The molecule has 0 radical (unpaired) electrons. The number of nitrogens with zero attached hydrogens (tertiary/aromatic N) is 5. The first-order chi connectivity index (χ1) is 12.4. The van der Waals surface area contributed by atoms with E-state index in [1.54, 1.807) is 17.3 Å². The molecule has 3 heterocycles. The maximum atomic E-state index is 12.8. The van der Waals surface area contributed by atoms with Gasteiger partial charge in [-0.2, -0.15) is 5.10 Å². The van der Waals surface area contributed by atoms with Crippen molar-refractivity contribution in [3.63, 3.8) is 0 Å². The fourth-order valence-corrected chi connectivity index (χ4v) is 3.27. The number of halogens is 1. The van der Waals surface area contributed by atoms with Gasteiger partial charge in [-0.25, -0.2) is 9.67 Å². The van der Waals surface area contributed by atoms with Crippen molar-refractivity contribution in [3.8, 4) is 11.4 Å². The molecule has 0 aromatic carbocycles. The smallest absolute Gasteiger partial charge is 0.242 e. The van der Waals surface area contributed by atoms with Crippen LogP contribution in [0.2, 0.25) is 0 Å². The van der Waals surface area contributed by atoms with E-state index in [-0.39, 0.29) is 30.3 Å². The quantitative estimate of drug-likeness (QED) is 0.793. The van der Waals surface area contributed by atoms with Gasteiger partial charge in [-0.05, 0) is 25.0 Å². The molecule has 2 aromatic heterocycles. The van der Waals surface area contributed by atoms with E-state index in [9.17, 15) is 9.90 Å². The Morgan fingerprint density at radius 1 is 1.41 bits per heavy atom. The van der Waals surface area contributed by atoms with Crippen LogP contribution >= 0.6 is 12.4 Å². The summed E-state index contributed by atoms with van der Waals surface area (Å²) in [5.74, 6) is 1.30. The lowest BCUT2D eigenvalue weighted by Gasteiger charge is -2.39. The summed E-state index contributed by atoms with van der Waals surface area (Å²) in [6.07, 6.45) is 3.42. The lowest BCUT2D eigenvalue weighted by molar-refractivity contribution is -0.140. The fraction of sp³-hybridized carbons (Fsp3) is 0.556. The highest BCUT2D eigenvalue weighted by Gasteiger charge is 2.39. The van der Waals surface area contributed by atoms with Gasteiger partial charge in [0.05, 0.1) is 18.7 Å². The molecule has 1 aliphatic rings. The van der Waals surface area contributed by atoms with Crippen LogP contribution in [-0.4, -0.2) is 54.4 Å². The normalized spacial score (nSPS) is 19.6. The maximum absolute atomic E-state index is 12.8. The molecule has 3 N–H and O–H groups in total. The molecule has 0 unspecified atom stereocenters. The molecular formula is C18H27ClN6O2. The Kier molecular flexibility index (Phi) is 6.91. The molecule has 3 rings (SSSR count). The number of fused-ring (bicyclic) bond motifs is 1. The Morgan fingerprint density at radius 3 is 2.74 bits per heavy atom. The number of hydrogen-bond donors (Lipinski definition) is 2. The van der Waals surface area contributed by atoms with Gasteiger partial charge >= 0.3 is 0 Å². The van der Waals surface area contributed by atoms with Crippen molar-refractivity contribution in [3.05, 3.63) is 30.4 Å². The van der Waals surface area contributed by atoms with E-state index in [1.807, 2.05) is 16.8 Å². The Bertz CT molecular complexity index is 766. The molecule has 1 amide bonds. The summed E-state index contributed by atoms with van der Waals surface area (Å²) in [7, 11) is 0. The first-order valence-corrected chi connectivity index (χ1v) is 9.03. The summed E-state index contributed by atoms with van der Waals surface area (Å²) in [4.78, 5) is 23.4. The Balaban J connectivity index is 0.00000261. The van der Waals surface area contributed by atoms with E-state index in [4.69, 9.17) is 10.7 Å². The van der Waals surface area contributed by atoms with Crippen LogP contribution in [0.15, 0.2) is 24.5 Å². The van der Waals surface area contributed by atoms with Gasteiger partial charge in [0.15, 0.2) is 11.6 Å². The minimum Gasteiger partial charge on any atom is -0.391 e. The third-order valence-corrected chi connectivity index (χ3v) is 5.04. The number of amides is 1. The zero-order chi connectivity index (χ0) is 18.8. The van der Waals surface area contributed by atoms with Crippen LogP contribution in [0.25, 0.3) is 11.4 Å². The number of rotatable bonds is 5. The van der Waals surface area contributed by atoms with Gasteiger partial charge in [0, 0.05) is 24.5 Å². The number of hydrogen-bond acceptors (Lipinski definition) is 6. The molecule has 0 saturated carbocycles. The van der Waals surface area contributed by atoms with E-state index < -0.39 is 12.1 Å². The molecule has 27 heavy (non-hydrogen) atoms. The molecule has 0 bridgehead atoms. The third kappa shape index (κ3) is 4.12. The average molecular weight is 395 g/mol. The topological polar surface area (TPSA) is 110 Å². The monoisotopic (exact) mass is 394 g/mol. The lowest BCUT2D eigenvalue weighted by atomic mass is 9.94. The van der Waals surface area contributed by atoms with Crippen molar-refractivity contribution in [1.29, 1.82) is 0 Å². The lowest BCUT2D eigenvalue weighted by Crippen LogP contribution is -2.54. The van der Waals surface area contributed by atoms with Crippen molar-refractivity contribution in [2.45, 2.75) is 51.9 Å². The molecule has 0 aliphatic carbocycles. The minimum absolute atomic E-state index is 0. The van der Waals surface area contributed by atoms with Crippen LogP contribution in [-0.2, 0) is 11.3 Å². The first-order valence-electron chi connectivity index (χ1n) is 9.03. The van der Waals surface area contributed by atoms with Gasteiger partial charge in [0.1, 0.15) is 6.04 Å². The second kappa shape index (κ2) is 8.77. The van der Waals surface area contributed by atoms with Crippen LogP contribution in [0.4, 0.5) is 0 Å². The van der Waals surface area contributed by atoms with Crippen LogP contribution in [0.5, 0.6) is 0 Å². The number of pyridine rings is 1. The SMILES string of the molecule is CC[C@H](C)[C@H]1c2nc(-c3cccnc3)nn2CCN1C(=O)[C@@H](N)[C@@H](C)O.Cl. The third-order valence-electron chi connectivity index (χ3n) is 5.04. The minimum atomic E-state index is -0.936. The summed E-state index contributed by atoms with van der Waals surface area (Å²) >= 11 is 0. The molecule has 0 fully saturated rings. The second-order valence-electron chi connectivity index (χ2n) is 6.89. The van der Waals surface area contributed by atoms with Crippen molar-refractivity contribution in [2.24, 2.45) is 11.7 Å². The summed E-state index contributed by atoms with van der Waals surface area (Å²) in [5.41, 5.74) is 6.76. The maximum Gasteiger partial charge on any atom is 0.242 e. The van der Waals surface area contributed by atoms with Crippen molar-refractivity contribution < 1.29 is 9.90 Å². The highest BCUT2D eigenvalue weighted by Crippen LogP contribution is 2.34. The van der Waals surface area contributed by atoms with E-state index in [0.717, 1.165) is 17.8 Å². The van der Waals surface area contributed by atoms with E-state index in [1.165, 1.54) is 6.92 Å². The highest BCUT2D eigenvalue weighted by molar-refractivity contribution is 5.85. The molecule has 0 spiro atoms. The molecule has 0 saturated heterocycles. The first kappa shape index (κ1) is 21.3. The number of aliphatic hydroxyl groups excluding tert-OH is 1. The van der Waals surface area contributed by atoms with Crippen molar-refractivity contribution >= 4 is 18.3 Å². The standard InChI is InChI=1S/C18H26N6O2.ClH/c1-4-11(2)15-17-21-16(13-6-5-7-20-10-13)22-24(17)9-8-23(15)18(26)14(19)12(3)25;/h5-7,10-12,14-15,25H,4,8-9,19H2,1-3H3;1H/t11-,12+,14-,15-;/m0./s1. The van der Waals surface area contributed by atoms with Gasteiger partial charge in [0.2, 0.25) is 5.91 Å².